The van der Waals surface area contributed by atoms with Crippen molar-refractivity contribution in [3.05, 3.63) is 52.8 Å². The van der Waals surface area contributed by atoms with E-state index in [1.807, 2.05) is 30.3 Å². The first-order valence-electron chi connectivity index (χ1n) is 5.32. The lowest BCUT2D eigenvalue weighted by Gasteiger charge is -2.08. The molecule has 0 amide bonds. The Hall–Kier alpha value is -1.55. The standard InChI is InChI=1S/C13H13BrN2O/c14-12-2-1-11(15)9-13(12)17-8-5-10-3-6-16-7-4-10/h1-4,6-7,9H,5,8,15H2. The molecule has 0 spiro atoms. The van der Waals surface area contributed by atoms with Gasteiger partial charge in [0.15, 0.2) is 0 Å². The van der Waals surface area contributed by atoms with Crippen LogP contribution in [0.4, 0.5) is 5.69 Å². The molecule has 4 heteroatoms. The summed E-state index contributed by atoms with van der Waals surface area (Å²) in [6.45, 7) is 0.617. The lowest BCUT2D eigenvalue weighted by Crippen LogP contribution is -2.02. The van der Waals surface area contributed by atoms with Crippen LogP contribution in [0.25, 0.3) is 0 Å². The Morgan fingerprint density at radius 3 is 2.71 bits per heavy atom. The van der Waals surface area contributed by atoms with Gasteiger partial charge in [0, 0.05) is 30.6 Å². The molecule has 2 N–H and O–H groups in total. The molecule has 0 aliphatic heterocycles. The van der Waals surface area contributed by atoms with Crippen LogP contribution in [0.1, 0.15) is 5.56 Å². The zero-order valence-electron chi connectivity index (χ0n) is 9.27. The molecule has 88 valence electrons. The van der Waals surface area contributed by atoms with E-state index < -0.39 is 0 Å². The first-order valence-corrected chi connectivity index (χ1v) is 6.12. The fraction of sp³-hybridized carbons (Fsp3) is 0.154. The van der Waals surface area contributed by atoms with Gasteiger partial charge in [-0.25, -0.2) is 0 Å². The van der Waals surface area contributed by atoms with Crippen molar-refractivity contribution in [2.24, 2.45) is 0 Å². The predicted molar refractivity (Wildman–Crippen MR) is 72.0 cm³/mol. The lowest BCUT2D eigenvalue weighted by molar-refractivity contribution is 0.320. The Morgan fingerprint density at radius 2 is 1.94 bits per heavy atom. The molecule has 2 rings (SSSR count). The summed E-state index contributed by atoms with van der Waals surface area (Å²) in [5, 5.41) is 0. The van der Waals surface area contributed by atoms with Gasteiger partial charge in [-0.05, 0) is 45.8 Å². The van der Waals surface area contributed by atoms with E-state index in [-0.39, 0.29) is 0 Å². The van der Waals surface area contributed by atoms with E-state index in [9.17, 15) is 0 Å². The molecule has 17 heavy (non-hydrogen) atoms. The summed E-state index contributed by atoms with van der Waals surface area (Å²) in [6, 6.07) is 9.50. The van der Waals surface area contributed by atoms with E-state index >= 15 is 0 Å². The maximum Gasteiger partial charge on any atom is 0.135 e. The summed E-state index contributed by atoms with van der Waals surface area (Å²) in [5.41, 5.74) is 7.61. The zero-order chi connectivity index (χ0) is 12.1. The molecule has 0 unspecified atom stereocenters. The van der Waals surface area contributed by atoms with Gasteiger partial charge in [0.1, 0.15) is 5.75 Å². The Morgan fingerprint density at radius 1 is 1.18 bits per heavy atom. The van der Waals surface area contributed by atoms with E-state index in [2.05, 4.69) is 20.9 Å². The third-order valence-corrected chi connectivity index (χ3v) is 3.01. The first kappa shape index (κ1) is 11.9. The van der Waals surface area contributed by atoms with Gasteiger partial charge in [-0.15, -0.1) is 0 Å². The van der Waals surface area contributed by atoms with Gasteiger partial charge >= 0.3 is 0 Å². The molecule has 1 aromatic heterocycles. The minimum Gasteiger partial charge on any atom is -0.492 e. The molecule has 1 aromatic carbocycles. The van der Waals surface area contributed by atoms with Crippen molar-refractivity contribution in [2.75, 3.05) is 12.3 Å². The highest BCUT2D eigenvalue weighted by Crippen LogP contribution is 2.27. The lowest BCUT2D eigenvalue weighted by atomic mass is 10.2. The number of nitrogens with zero attached hydrogens (tertiary/aromatic N) is 1. The molecule has 2 aromatic rings. The van der Waals surface area contributed by atoms with Gasteiger partial charge in [-0.1, -0.05) is 0 Å². The average Bonchev–Trinajstić information content (AvgIpc) is 2.35. The maximum absolute atomic E-state index is 5.70. The molecule has 0 saturated carbocycles. The number of benzene rings is 1. The van der Waals surface area contributed by atoms with Crippen molar-refractivity contribution in [3.8, 4) is 5.75 Å². The highest BCUT2D eigenvalue weighted by atomic mass is 79.9. The van der Waals surface area contributed by atoms with Crippen LogP contribution < -0.4 is 10.5 Å². The molecule has 1 heterocycles. The summed E-state index contributed by atoms with van der Waals surface area (Å²) >= 11 is 3.43. The smallest absolute Gasteiger partial charge is 0.135 e. The molecule has 0 fully saturated rings. The molecular formula is C13H13BrN2O. The number of hydrogen-bond acceptors (Lipinski definition) is 3. The number of ether oxygens (including phenoxy) is 1. The van der Waals surface area contributed by atoms with Gasteiger partial charge in [0.05, 0.1) is 11.1 Å². The fourth-order valence-electron chi connectivity index (χ4n) is 1.46. The normalized spacial score (nSPS) is 10.2. The van der Waals surface area contributed by atoms with Gasteiger partial charge in [0.25, 0.3) is 0 Å². The topological polar surface area (TPSA) is 48.1 Å². The van der Waals surface area contributed by atoms with Crippen molar-refractivity contribution in [3.63, 3.8) is 0 Å². The fourth-order valence-corrected chi connectivity index (χ4v) is 1.82. The van der Waals surface area contributed by atoms with E-state index in [1.165, 1.54) is 5.56 Å². The van der Waals surface area contributed by atoms with Crippen LogP contribution in [0.5, 0.6) is 5.75 Å². The average molecular weight is 293 g/mol. The second kappa shape index (κ2) is 5.68. The molecule has 3 nitrogen and oxygen atoms in total. The number of aromatic nitrogens is 1. The number of halogens is 1. The summed E-state index contributed by atoms with van der Waals surface area (Å²) in [6.07, 6.45) is 4.42. The number of pyridine rings is 1. The Kier molecular flexibility index (Phi) is 3.98. The predicted octanol–water partition coefficient (Wildman–Crippen LogP) is 3.05. The van der Waals surface area contributed by atoms with Crippen LogP contribution in [-0.4, -0.2) is 11.6 Å². The van der Waals surface area contributed by atoms with Crippen LogP contribution in [0, 0.1) is 0 Å². The quantitative estimate of drug-likeness (QED) is 0.881. The van der Waals surface area contributed by atoms with E-state index in [4.69, 9.17) is 10.5 Å². The van der Waals surface area contributed by atoms with Crippen molar-refractivity contribution < 1.29 is 4.74 Å². The Bertz CT molecular complexity index is 488. The van der Waals surface area contributed by atoms with Crippen LogP contribution in [0.15, 0.2) is 47.2 Å². The first-order chi connectivity index (χ1) is 8.25. The van der Waals surface area contributed by atoms with Crippen molar-refractivity contribution in [1.82, 2.24) is 4.98 Å². The Balaban J connectivity index is 1.92. The minimum atomic E-state index is 0.617. The van der Waals surface area contributed by atoms with Gasteiger partial charge < -0.3 is 10.5 Å². The van der Waals surface area contributed by atoms with E-state index in [0.29, 0.717) is 12.3 Å². The van der Waals surface area contributed by atoms with Crippen LogP contribution >= 0.6 is 15.9 Å². The van der Waals surface area contributed by atoms with Gasteiger partial charge in [-0.3, -0.25) is 4.98 Å². The molecule has 0 radical (unpaired) electrons. The minimum absolute atomic E-state index is 0.617. The summed E-state index contributed by atoms with van der Waals surface area (Å²) in [4.78, 5) is 3.97. The third kappa shape index (κ3) is 3.46. The van der Waals surface area contributed by atoms with Gasteiger partial charge in [0.2, 0.25) is 0 Å². The van der Waals surface area contributed by atoms with Crippen LogP contribution in [0.3, 0.4) is 0 Å². The Labute approximate surface area is 109 Å². The van der Waals surface area contributed by atoms with Crippen molar-refractivity contribution >= 4 is 21.6 Å². The maximum atomic E-state index is 5.70. The summed E-state index contributed by atoms with van der Waals surface area (Å²) in [7, 11) is 0. The van der Waals surface area contributed by atoms with Crippen molar-refractivity contribution in [1.29, 1.82) is 0 Å². The second-order valence-electron chi connectivity index (χ2n) is 3.64. The van der Waals surface area contributed by atoms with Gasteiger partial charge in [-0.2, -0.15) is 0 Å². The largest absolute Gasteiger partial charge is 0.492 e. The highest BCUT2D eigenvalue weighted by Gasteiger charge is 2.01. The van der Waals surface area contributed by atoms with Crippen LogP contribution in [0.2, 0.25) is 0 Å². The number of nitrogen functional groups attached to an aromatic ring is 1. The number of rotatable bonds is 4. The summed E-state index contributed by atoms with van der Waals surface area (Å²) in [5.74, 6) is 0.777. The molecule has 0 aliphatic rings. The summed E-state index contributed by atoms with van der Waals surface area (Å²) < 4.78 is 6.59. The van der Waals surface area contributed by atoms with Crippen molar-refractivity contribution in [2.45, 2.75) is 6.42 Å². The van der Waals surface area contributed by atoms with E-state index in [0.717, 1.165) is 16.6 Å². The number of hydrogen-bond donors (Lipinski definition) is 1. The molecule has 0 saturated heterocycles. The molecule has 0 bridgehead atoms. The highest BCUT2D eigenvalue weighted by molar-refractivity contribution is 9.10. The molecule has 0 atom stereocenters. The second-order valence-corrected chi connectivity index (χ2v) is 4.50. The number of nitrogens with two attached hydrogens (primary N) is 1. The zero-order valence-corrected chi connectivity index (χ0v) is 10.9. The SMILES string of the molecule is Nc1ccc(Br)c(OCCc2ccncc2)c1. The molecule has 0 aliphatic carbocycles. The van der Waals surface area contributed by atoms with Crippen LogP contribution in [-0.2, 0) is 6.42 Å². The molecular weight excluding hydrogens is 280 g/mol. The third-order valence-electron chi connectivity index (χ3n) is 2.35. The monoisotopic (exact) mass is 292 g/mol. The van der Waals surface area contributed by atoms with E-state index in [1.54, 1.807) is 12.4 Å². The number of anilines is 1.